The molecule has 1 saturated heterocycles. The number of benzene rings is 2. The number of hydrogen-bond donors (Lipinski definition) is 2. The van der Waals surface area contributed by atoms with E-state index in [1.807, 2.05) is 6.07 Å². The number of nitrogens with two attached hydrogens (primary N) is 1. The molecule has 0 amide bonds. The number of piperidine rings is 1. The minimum absolute atomic E-state index is 0.493. The minimum Gasteiger partial charge on any atom is -0.399 e. The Labute approximate surface area is 120 Å². The Balaban J connectivity index is 1.85. The lowest BCUT2D eigenvalue weighted by molar-refractivity contribution is 0.287. The summed E-state index contributed by atoms with van der Waals surface area (Å²) in [4.78, 5) is 0. The molecular weight excluding hydrogens is 244 g/mol. The van der Waals surface area contributed by atoms with Crippen LogP contribution < -0.4 is 11.1 Å². The molecule has 0 radical (unpaired) electrons. The van der Waals surface area contributed by atoms with Gasteiger partial charge in [0.25, 0.3) is 0 Å². The molecule has 0 bridgehead atoms. The number of anilines is 1. The van der Waals surface area contributed by atoms with Crippen molar-refractivity contribution in [1.82, 2.24) is 5.32 Å². The predicted molar refractivity (Wildman–Crippen MR) is 82.6 cm³/mol. The van der Waals surface area contributed by atoms with Gasteiger partial charge in [0, 0.05) is 17.6 Å². The molecule has 2 nitrogen and oxygen atoms in total. The van der Waals surface area contributed by atoms with Gasteiger partial charge in [0.1, 0.15) is 0 Å². The second-order valence-electron chi connectivity index (χ2n) is 6.01. The van der Waals surface area contributed by atoms with Crippen LogP contribution in [0.5, 0.6) is 0 Å². The van der Waals surface area contributed by atoms with Gasteiger partial charge in [0.15, 0.2) is 0 Å². The highest BCUT2D eigenvalue weighted by Crippen LogP contribution is 2.51. The van der Waals surface area contributed by atoms with Gasteiger partial charge in [0.2, 0.25) is 0 Å². The fourth-order valence-electron chi connectivity index (χ4n) is 4.10. The summed E-state index contributed by atoms with van der Waals surface area (Å²) in [5, 5.41) is 3.72. The average molecular weight is 264 g/mol. The fourth-order valence-corrected chi connectivity index (χ4v) is 4.10. The van der Waals surface area contributed by atoms with Crippen molar-refractivity contribution in [3.63, 3.8) is 0 Å². The molecule has 3 atom stereocenters. The molecule has 102 valence electrons. The normalized spacial score (nSPS) is 27.9. The third kappa shape index (κ3) is 1.75. The maximum absolute atomic E-state index is 6.00. The summed E-state index contributed by atoms with van der Waals surface area (Å²) in [6.45, 7) is 1.14. The first kappa shape index (κ1) is 12.0. The summed E-state index contributed by atoms with van der Waals surface area (Å²) in [6, 6.07) is 17.9. The predicted octanol–water partition coefficient (Wildman–Crippen LogP) is 3.46. The van der Waals surface area contributed by atoms with Crippen LogP contribution in [0.4, 0.5) is 5.69 Å². The summed E-state index contributed by atoms with van der Waals surface area (Å²) < 4.78 is 0. The molecule has 2 aliphatic rings. The van der Waals surface area contributed by atoms with Gasteiger partial charge in [-0.3, -0.25) is 0 Å². The highest BCUT2D eigenvalue weighted by atomic mass is 14.9. The van der Waals surface area contributed by atoms with Crippen molar-refractivity contribution in [3.05, 3.63) is 65.2 Å². The van der Waals surface area contributed by atoms with E-state index < -0.39 is 0 Å². The zero-order valence-electron chi connectivity index (χ0n) is 11.5. The van der Waals surface area contributed by atoms with Crippen LogP contribution in [0.3, 0.4) is 0 Å². The fraction of sp³-hybridized carbons (Fsp3) is 0.333. The van der Waals surface area contributed by atoms with Gasteiger partial charge in [0.05, 0.1) is 0 Å². The molecule has 2 heteroatoms. The van der Waals surface area contributed by atoms with Crippen LogP contribution in [-0.2, 0) is 0 Å². The van der Waals surface area contributed by atoms with E-state index in [2.05, 4.69) is 47.8 Å². The van der Waals surface area contributed by atoms with Crippen molar-refractivity contribution in [2.24, 2.45) is 5.92 Å². The molecular formula is C18H20N2. The van der Waals surface area contributed by atoms with E-state index in [1.165, 1.54) is 29.5 Å². The molecule has 0 saturated carbocycles. The number of hydrogen-bond acceptors (Lipinski definition) is 2. The molecule has 2 aromatic carbocycles. The highest BCUT2D eigenvalue weighted by molar-refractivity contribution is 5.50. The van der Waals surface area contributed by atoms with Crippen molar-refractivity contribution in [1.29, 1.82) is 0 Å². The van der Waals surface area contributed by atoms with E-state index >= 15 is 0 Å². The SMILES string of the molecule is Nc1cccc([C@H]2c3ccccc3[C@@H]3NCCC[C@H]23)c1. The van der Waals surface area contributed by atoms with Crippen molar-refractivity contribution < 1.29 is 0 Å². The largest absolute Gasteiger partial charge is 0.399 e. The maximum atomic E-state index is 6.00. The standard InChI is InChI=1S/C18H20N2/c19-13-6-3-5-12(11-13)17-14-7-1-2-8-15(14)18-16(17)9-4-10-20-18/h1-3,5-8,11,16-18,20H,4,9-10,19H2/t16-,17+,18+/m1/s1. The van der Waals surface area contributed by atoms with E-state index in [1.54, 1.807) is 0 Å². The Hall–Kier alpha value is -1.80. The first-order chi connectivity index (χ1) is 9.84. The van der Waals surface area contributed by atoms with Gasteiger partial charge < -0.3 is 11.1 Å². The van der Waals surface area contributed by atoms with E-state index in [9.17, 15) is 0 Å². The number of fused-ring (bicyclic) bond motifs is 3. The average Bonchev–Trinajstić information content (AvgIpc) is 2.82. The van der Waals surface area contributed by atoms with Crippen LogP contribution >= 0.6 is 0 Å². The summed E-state index contributed by atoms with van der Waals surface area (Å²) in [5.41, 5.74) is 11.2. The molecule has 1 heterocycles. The van der Waals surface area contributed by atoms with Crippen LogP contribution in [0.2, 0.25) is 0 Å². The van der Waals surface area contributed by atoms with Gasteiger partial charge in [-0.1, -0.05) is 36.4 Å². The maximum Gasteiger partial charge on any atom is 0.0360 e. The lowest BCUT2D eigenvalue weighted by Crippen LogP contribution is -2.32. The van der Waals surface area contributed by atoms with Crippen molar-refractivity contribution in [2.45, 2.75) is 24.8 Å². The van der Waals surface area contributed by atoms with Crippen LogP contribution in [0.1, 0.15) is 41.5 Å². The van der Waals surface area contributed by atoms with Crippen LogP contribution in [-0.4, -0.2) is 6.54 Å². The Kier molecular flexibility index (Phi) is 2.78. The zero-order chi connectivity index (χ0) is 13.5. The van der Waals surface area contributed by atoms with Gasteiger partial charge in [-0.15, -0.1) is 0 Å². The summed E-state index contributed by atoms with van der Waals surface area (Å²) >= 11 is 0. The second-order valence-corrected chi connectivity index (χ2v) is 6.01. The lowest BCUT2D eigenvalue weighted by atomic mass is 9.80. The van der Waals surface area contributed by atoms with Gasteiger partial charge in [-0.25, -0.2) is 0 Å². The van der Waals surface area contributed by atoms with E-state index in [0.717, 1.165) is 12.2 Å². The molecule has 2 aromatic rings. The van der Waals surface area contributed by atoms with Crippen molar-refractivity contribution >= 4 is 5.69 Å². The third-order valence-electron chi connectivity index (χ3n) is 4.87. The molecule has 0 spiro atoms. The molecule has 3 N–H and O–H groups in total. The number of nitrogen functional groups attached to an aromatic ring is 1. The Morgan fingerprint density at radius 2 is 1.85 bits per heavy atom. The smallest absolute Gasteiger partial charge is 0.0360 e. The Morgan fingerprint density at radius 1 is 1.00 bits per heavy atom. The molecule has 1 aliphatic heterocycles. The van der Waals surface area contributed by atoms with Gasteiger partial charge in [-0.2, -0.15) is 0 Å². The Bertz CT molecular complexity index is 635. The first-order valence-corrected chi connectivity index (χ1v) is 7.52. The quantitative estimate of drug-likeness (QED) is 0.774. The molecule has 0 unspecified atom stereocenters. The van der Waals surface area contributed by atoms with Gasteiger partial charge in [-0.05, 0) is 54.1 Å². The second kappa shape index (κ2) is 4.64. The number of nitrogens with one attached hydrogen (secondary N) is 1. The molecule has 20 heavy (non-hydrogen) atoms. The van der Waals surface area contributed by atoms with Crippen LogP contribution in [0.15, 0.2) is 48.5 Å². The molecule has 1 aliphatic carbocycles. The van der Waals surface area contributed by atoms with Crippen LogP contribution in [0, 0.1) is 5.92 Å². The lowest BCUT2D eigenvalue weighted by Gasteiger charge is -2.31. The van der Waals surface area contributed by atoms with E-state index in [0.29, 0.717) is 17.9 Å². The molecule has 1 fully saturated rings. The first-order valence-electron chi connectivity index (χ1n) is 7.52. The highest BCUT2D eigenvalue weighted by Gasteiger charge is 2.42. The van der Waals surface area contributed by atoms with E-state index in [-0.39, 0.29) is 0 Å². The van der Waals surface area contributed by atoms with Crippen molar-refractivity contribution in [3.8, 4) is 0 Å². The molecule has 0 aromatic heterocycles. The Morgan fingerprint density at radius 3 is 2.70 bits per heavy atom. The zero-order valence-corrected chi connectivity index (χ0v) is 11.5. The number of rotatable bonds is 1. The third-order valence-corrected chi connectivity index (χ3v) is 4.87. The monoisotopic (exact) mass is 264 g/mol. The summed E-state index contributed by atoms with van der Waals surface area (Å²) in [5.74, 6) is 1.16. The van der Waals surface area contributed by atoms with Gasteiger partial charge >= 0.3 is 0 Å². The van der Waals surface area contributed by atoms with E-state index in [4.69, 9.17) is 5.73 Å². The summed E-state index contributed by atoms with van der Waals surface area (Å²) in [6.07, 6.45) is 2.57. The topological polar surface area (TPSA) is 38.0 Å². The minimum atomic E-state index is 0.493. The summed E-state index contributed by atoms with van der Waals surface area (Å²) in [7, 11) is 0. The van der Waals surface area contributed by atoms with Crippen molar-refractivity contribution in [2.75, 3.05) is 12.3 Å². The molecule has 4 rings (SSSR count). The van der Waals surface area contributed by atoms with Crippen LogP contribution in [0.25, 0.3) is 0 Å².